The number of hydrogen-bond donors (Lipinski definition) is 1. The molecule has 4 heterocycles. The van der Waals surface area contributed by atoms with Crippen LogP contribution in [0.15, 0.2) is 54.7 Å². The Labute approximate surface area is 225 Å². The number of amides is 1. The topological polar surface area (TPSA) is 84.6 Å². The Kier molecular flexibility index (Phi) is 7.48. The van der Waals surface area contributed by atoms with E-state index < -0.39 is 17.2 Å². The summed E-state index contributed by atoms with van der Waals surface area (Å²) in [5, 5.41) is 0. The molecule has 1 amide bonds. The Bertz CT molecular complexity index is 1340. The number of carbonyl (C=O) groups is 1. The third-order valence-electron chi connectivity index (χ3n) is 7.69. The van der Waals surface area contributed by atoms with Crippen LogP contribution < -0.4 is 15.4 Å². The number of fused-ring (bicyclic) bond motifs is 2. The van der Waals surface area contributed by atoms with Crippen molar-refractivity contribution in [2.45, 2.75) is 44.3 Å². The van der Waals surface area contributed by atoms with Crippen molar-refractivity contribution >= 4 is 11.6 Å². The molecule has 1 spiro atoms. The van der Waals surface area contributed by atoms with Gasteiger partial charge in [-0.25, -0.2) is 4.98 Å². The highest BCUT2D eigenvalue weighted by Gasteiger charge is 2.45. The number of anilines is 1. The summed E-state index contributed by atoms with van der Waals surface area (Å²) in [6, 6.07) is 13.4. The van der Waals surface area contributed by atoms with Crippen LogP contribution in [-0.4, -0.2) is 53.6 Å². The zero-order valence-corrected chi connectivity index (χ0v) is 21.9. The lowest BCUT2D eigenvalue weighted by Gasteiger charge is -2.49. The predicted octanol–water partition coefficient (Wildman–Crippen LogP) is 4.79. The van der Waals surface area contributed by atoms with Gasteiger partial charge in [-0.2, -0.15) is 13.2 Å². The van der Waals surface area contributed by atoms with Crippen molar-refractivity contribution in [1.29, 1.82) is 0 Å². The first-order valence-corrected chi connectivity index (χ1v) is 13.2. The van der Waals surface area contributed by atoms with E-state index in [4.69, 9.17) is 15.5 Å². The lowest BCUT2D eigenvalue weighted by atomic mass is 9.69. The molecule has 2 N–H and O–H groups in total. The Morgan fingerprint density at radius 3 is 2.59 bits per heavy atom. The van der Waals surface area contributed by atoms with Crippen LogP contribution in [-0.2, 0) is 22.9 Å². The van der Waals surface area contributed by atoms with E-state index in [1.807, 2.05) is 25.1 Å². The Morgan fingerprint density at radius 1 is 1.10 bits per heavy atom. The molecule has 1 fully saturated rings. The fourth-order valence-corrected chi connectivity index (χ4v) is 5.83. The summed E-state index contributed by atoms with van der Waals surface area (Å²) in [4.78, 5) is 26.0. The average molecular weight is 540 g/mol. The second-order valence-electron chi connectivity index (χ2n) is 10.1. The maximum Gasteiger partial charge on any atom is 0.418 e. The molecule has 2 aromatic heterocycles. The van der Waals surface area contributed by atoms with Crippen molar-refractivity contribution in [2.75, 3.05) is 37.7 Å². The quantitative estimate of drug-likeness (QED) is 0.485. The number of nitrogens with zero attached hydrogens (tertiary/aromatic N) is 4. The maximum absolute atomic E-state index is 13.7. The van der Waals surface area contributed by atoms with E-state index >= 15 is 0 Å². The molecule has 7 nitrogen and oxygen atoms in total. The minimum atomic E-state index is -4.43. The number of hydrogen-bond acceptors (Lipinski definition) is 6. The minimum Gasteiger partial charge on any atom is -0.477 e. The first kappa shape index (κ1) is 26.9. The summed E-state index contributed by atoms with van der Waals surface area (Å²) in [5.74, 6) is 0.446. The molecular weight excluding hydrogens is 507 g/mol. The highest BCUT2D eigenvalue weighted by Crippen LogP contribution is 2.45. The number of alkyl halides is 3. The van der Waals surface area contributed by atoms with Crippen molar-refractivity contribution < 1.29 is 22.7 Å². The molecule has 3 aromatic rings. The van der Waals surface area contributed by atoms with Gasteiger partial charge in [0, 0.05) is 49.9 Å². The number of piperidine rings is 1. The van der Waals surface area contributed by atoms with Gasteiger partial charge < -0.3 is 20.3 Å². The first-order valence-electron chi connectivity index (χ1n) is 13.2. The summed E-state index contributed by atoms with van der Waals surface area (Å²) >= 11 is 0. The van der Waals surface area contributed by atoms with Gasteiger partial charge in [-0.3, -0.25) is 9.78 Å². The lowest BCUT2D eigenvalue weighted by molar-refractivity contribution is -0.137. The molecule has 0 unspecified atom stereocenters. The number of carbonyl (C=O) groups excluding carboxylic acids is 1. The smallest absolute Gasteiger partial charge is 0.418 e. The van der Waals surface area contributed by atoms with Crippen molar-refractivity contribution in [3.05, 3.63) is 71.5 Å². The SMILES string of the molecule is CCOc1ncccc1-c1ccc2c(n1)CN(C(=O)CCN)CC21CCN(c2ccccc2C(F)(F)F)CC1. The minimum absolute atomic E-state index is 0.0454. The van der Waals surface area contributed by atoms with E-state index in [1.165, 1.54) is 12.1 Å². The van der Waals surface area contributed by atoms with Crippen LogP contribution in [0.2, 0.25) is 0 Å². The molecule has 2 aliphatic heterocycles. The van der Waals surface area contributed by atoms with E-state index in [9.17, 15) is 18.0 Å². The number of rotatable bonds is 6. The fourth-order valence-electron chi connectivity index (χ4n) is 5.83. The van der Waals surface area contributed by atoms with Gasteiger partial charge in [-0.05, 0) is 55.7 Å². The number of benzene rings is 1. The van der Waals surface area contributed by atoms with E-state index in [2.05, 4.69) is 11.1 Å². The molecule has 5 rings (SSSR count). The fraction of sp³-hybridized carbons (Fsp3) is 0.414. The largest absolute Gasteiger partial charge is 0.477 e. The molecule has 39 heavy (non-hydrogen) atoms. The molecule has 0 bridgehead atoms. The van der Waals surface area contributed by atoms with Crippen LogP contribution in [0.1, 0.15) is 43.0 Å². The van der Waals surface area contributed by atoms with Gasteiger partial charge in [0.1, 0.15) is 0 Å². The lowest BCUT2D eigenvalue weighted by Crippen LogP contribution is -2.54. The van der Waals surface area contributed by atoms with Crippen LogP contribution in [0.5, 0.6) is 5.88 Å². The van der Waals surface area contributed by atoms with E-state index in [0.29, 0.717) is 57.2 Å². The number of ether oxygens (including phenoxy) is 1. The molecular formula is C29H32F3N5O2. The van der Waals surface area contributed by atoms with Crippen LogP contribution in [0.3, 0.4) is 0 Å². The molecule has 0 radical (unpaired) electrons. The number of aromatic nitrogens is 2. The van der Waals surface area contributed by atoms with Crippen molar-refractivity contribution in [2.24, 2.45) is 5.73 Å². The van der Waals surface area contributed by atoms with Crippen LogP contribution >= 0.6 is 0 Å². The molecule has 2 aliphatic rings. The predicted molar refractivity (Wildman–Crippen MR) is 142 cm³/mol. The summed E-state index contributed by atoms with van der Waals surface area (Å²) in [5.41, 5.74) is 8.16. The van der Waals surface area contributed by atoms with Crippen molar-refractivity contribution in [1.82, 2.24) is 14.9 Å². The van der Waals surface area contributed by atoms with Crippen LogP contribution in [0, 0.1) is 0 Å². The van der Waals surface area contributed by atoms with Gasteiger partial charge in [-0.1, -0.05) is 18.2 Å². The van der Waals surface area contributed by atoms with Gasteiger partial charge in [0.15, 0.2) is 0 Å². The standard InChI is InChI=1S/C29H32F3N5O2/c1-2-39-27-20(6-5-15-34-27)23-10-9-21-24(35-23)18-37(26(38)11-14-33)19-28(21)12-16-36(17-13-28)25-8-4-3-7-22(25)29(30,31)32/h3-10,15H,2,11-14,16-19,33H2,1H3. The second-order valence-corrected chi connectivity index (χ2v) is 10.1. The number of halogens is 3. The molecule has 10 heteroatoms. The summed E-state index contributed by atoms with van der Waals surface area (Å²) in [6.45, 7) is 4.32. The maximum atomic E-state index is 13.7. The van der Waals surface area contributed by atoms with Gasteiger partial charge in [0.25, 0.3) is 0 Å². The van der Waals surface area contributed by atoms with E-state index in [0.717, 1.165) is 22.9 Å². The third-order valence-corrected chi connectivity index (χ3v) is 7.69. The van der Waals surface area contributed by atoms with Crippen molar-refractivity contribution in [3.63, 3.8) is 0 Å². The highest BCUT2D eigenvalue weighted by molar-refractivity contribution is 5.77. The summed E-state index contributed by atoms with van der Waals surface area (Å²) in [6.07, 6.45) is -1.35. The van der Waals surface area contributed by atoms with Crippen LogP contribution in [0.25, 0.3) is 11.3 Å². The molecule has 1 aromatic carbocycles. The van der Waals surface area contributed by atoms with Gasteiger partial charge in [0.05, 0.1) is 35.7 Å². The summed E-state index contributed by atoms with van der Waals surface area (Å²) < 4.78 is 46.8. The molecule has 1 saturated heterocycles. The van der Waals surface area contributed by atoms with Gasteiger partial charge >= 0.3 is 6.18 Å². The molecule has 206 valence electrons. The number of para-hydroxylation sites is 1. The average Bonchev–Trinajstić information content (AvgIpc) is 2.93. The zero-order chi connectivity index (χ0) is 27.6. The summed E-state index contributed by atoms with van der Waals surface area (Å²) in [7, 11) is 0. The van der Waals surface area contributed by atoms with E-state index in [1.54, 1.807) is 22.1 Å². The first-order chi connectivity index (χ1) is 18.8. The molecule has 0 aliphatic carbocycles. The van der Waals surface area contributed by atoms with E-state index in [-0.39, 0.29) is 24.6 Å². The third kappa shape index (κ3) is 5.30. The highest BCUT2D eigenvalue weighted by atomic mass is 19.4. The van der Waals surface area contributed by atoms with Gasteiger partial charge in [-0.15, -0.1) is 0 Å². The second kappa shape index (κ2) is 10.8. The molecule has 0 atom stereocenters. The number of pyridine rings is 2. The van der Waals surface area contributed by atoms with Gasteiger partial charge in [0.2, 0.25) is 11.8 Å². The molecule has 0 saturated carbocycles. The number of nitrogens with two attached hydrogens (primary N) is 1. The Hall–Kier alpha value is -3.66. The van der Waals surface area contributed by atoms with Crippen molar-refractivity contribution in [3.8, 4) is 17.1 Å². The van der Waals surface area contributed by atoms with Crippen LogP contribution in [0.4, 0.5) is 18.9 Å². The normalized spacial score (nSPS) is 16.7. The monoisotopic (exact) mass is 539 g/mol. The Balaban J connectivity index is 1.49. The zero-order valence-electron chi connectivity index (χ0n) is 21.9. The Morgan fingerprint density at radius 2 is 1.87 bits per heavy atom.